The Labute approximate surface area is 238 Å². The predicted octanol–water partition coefficient (Wildman–Crippen LogP) is 7.74. The normalized spacial score (nSPS) is 12.4. The molecule has 1 aromatic heterocycles. The first-order valence-corrected chi connectivity index (χ1v) is 13.0. The Morgan fingerprint density at radius 2 is 1.54 bits per heavy atom. The van der Waals surface area contributed by atoms with E-state index in [1.54, 1.807) is 37.3 Å². The Bertz CT molecular complexity index is 1380. The molecule has 1 N–H and O–H groups in total. The van der Waals surface area contributed by atoms with E-state index in [4.69, 9.17) is 11.6 Å². The Morgan fingerprint density at radius 1 is 0.951 bits per heavy atom. The van der Waals surface area contributed by atoms with Gasteiger partial charge in [0.15, 0.2) is 0 Å². The lowest BCUT2D eigenvalue weighted by atomic mass is 9.92. The number of aromatic nitrogens is 2. The van der Waals surface area contributed by atoms with Gasteiger partial charge in [-0.1, -0.05) is 57.8 Å². The summed E-state index contributed by atoms with van der Waals surface area (Å²) in [5, 5.41) is 7.57. The predicted molar refractivity (Wildman–Crippen MR) is 143 cm³/mol. The summed E-state index contributed by atoms with van der Waals surface area (Å²) in [6.07, 6.45) is -9.33. The number of benzene rings is 2. The van der Waals surface area contributed by atoms with E-state index in [0.29, 0.717) is 41.4 Å². The van der Waals surface area contributed by atoms with Crippen LogP contribution in [-0.2, 0) is 22.6 Å². The SMILES string of the molecule is CCCCN(CC(=O)Nc1cc(C(C)(C)C)nn1-c1ccccc1Cl)C(=O)c1cc(C(F)(F)F)cc(C(F)(F)F)c1. The summed E-state index contributed by atoms with van der Waals surface area (Å²) in [5.41, 5.74) is -3.41. The molecule has 0 unspecified atom stereocenters. The molecule has 3 rings (SSSR count). The summed E-state index contributed by atoms with van der Waals surface area (Å²) < 4.78 is 81.7. The van der Waals surface area contributed by atoms with E-state index >= 15 is 0 Å². The molecular weight excluding hydrogens is 574 g/mol. The molecule has 222 valence electrons. The zero-order valence-corrected chi connectivity index (χ0v) is 23.5. The van der Waals surface area contributed by atoms with Crippen LogP contribution in [0.15, 0.2) is 48.5 Å². The topological polar surface area (TPSA) is 67.2 Å². The number of rotatable bonds is 8. The zero-order valence-electron chi connectivity index (χ0n) is 22.8. The molecule has 2 amide bonds. The number of nitrogens with one attached hydrogen (secondary N) is 1. The van der Waals surface area contributed by atoms with Crippen LogP contribution in [0.25, 0.3) is 5.69 Å². The van der Waals surface area contributed by atoms with Gasteiger partial charge in [-0.25, -0.2) is 4.68 Å². The lowest BCUT2D eigenvalue weighted by Gasteiger charge is -2.23. The average Bonchev–Trinajstić information content (AvgIpc) is 3.29. The average molecular weight is 603 g/mol. The van der Waals surface area contributed by atoms with Crippen LogP contribution in [0.5, 0.6) is 0 Å². The van der Waals surface area contributed by atoms with E-state index in [0.717, 1.165) is 4.90 Å². The van der Waals surface area contributed by atoms with E-state index in [1.165, 1.54) is 4.68 Å². The van der Waals surface area contributed by atoms with Crippen LogP contribution in [0.4, 0.5) is 32.2 Å². The Hall–Kier alpha value is -3.54. The largest absolute Gasteiger partial charge is 0.416 e. The second kappa shape index (κ2) is 12.1. The fraction of sp³-hybridized carbons (Fsp3) is 0.393. The maximum absolute atomic E-state index is 13.4. The van der Waals surface area contributed by atoms with E-state index < -0.39 is 52.8 Å². The highest BCUT2D eigenvalue weighted by Crippen LogP contribution is 2.36. The van der Waals surface area contributed by atoms with Crippen molar-refractivity contribution in [2.24, 2.45) is 0 Å². The third-order valence-corrected chi connectivity index (χ3v) is 6.38. The molecule has 0 aliphatic heterocycles. The Kier molecular flexibility index (Phi) is 9.47. The molecule has 0 atom stereocenters. The van der Waals surface area contributed by atoms with Crippen molar-refractivity contribution in [3.8, 4) is 5.69 Å². The van der Waals surface area contributed by atoms with Crippen molar-refractivity contribution in [2.75, 3.05) is 18.4 Å². The lowest BCUT2D eigenvalue weighted by molar-refractivity contribution is -0.143. The van der Waals surface area contributed by atoms with Crippen LogP contribution < -0.4 is 5.32 Å². The van der Waals surface area contributed by atoms with Crippen LogP contribution in [0.1, 0.15) is 67.7 Å². The Balaban J connectivity index is 1.96. The molecule has 0 bridgehead atoms. The summed E-state index contributed by atoms with van der Waals surface area (Å²) in [6, 6.07) is 9.04. The number of unbranched alkanes of at least 4 members (excludes halogenated alkanes) is 1. The van der Waals surface area contributed by atoms with Crippen LogP contribution in [0.2, 0.25) is 5.02 Å². The third kappa shape index (κ3) is 8.02. The lowest BCUT2D eigenvalue weighted by Crippen LogP contribution is -2.39. The number of hydrogen-bond donors (Lipinski definition) is 1. The molecule has 3 aromatic rings. The highest BCUT2D eigenvalue weighted by atomic mass is 35.5. The number of hydrogen-bond acceptors (Lipinski definition) is 3. The second-order valence-electron chi connectivity index (χ2n) is 10.5. The molecule has 2 aromatic carbocycles. The minimum Gasteiger partial charge on any atom is -0.329 e. The van der Waals surface area contributed by atoms with E-state index in [2.05, 4.69) is 10.4 Å². The fourth-order valence-corrected chi connectivity index (χ4v) is 4.08. The molecule has 0 radical (unpaired) electrons. The molecule has 0 saturated carbocycles. The summed E-state index contributed by atoms with van der Waals surface area (Å²) in [6.45, 7) is 6.81. The van der Waals surface area contributed by atoms with Gasteiger partial charge in [0, 0.05) is 23.6 Å². The van der Waals surface area contributed by atoms with Crippen molar-refractivity contribution >= 4 is 29.2 Å². The van der Waals surface area contributed by atoms with Gasteiger partial charge in [0.25, 0.3) is 5.91 Å². The maximum Gasteiger partial charge on any atom is 0.416 e. The van der Waals surface area contributed by atoms with Gasteiger partial charge >= 0.3 is 12.4 Å². The maximum atomic E-state index is 13.4. The molecular formula is C28H29ClF6N4O2. The van der Waals surface area contributed by atoms with Gasteiger partial charge in [-0.3, -0.25) is 9.59 Å². The van der Waals surface area contributed by atoms with Crippen molar-refractivity contribution in [2.45, 2.75) is 58.3 Å². The molecule has 6 nitrogen and oxygen atoms in total. The van der Waals surface area contributed by atoms with Crippen LogP contribution in [0.3, 0.4) is 0 Å². The summed E-state index contributed by atoms with van der Waals surface area (Å²) in [5.74, 6) is -1.65. The summed E-state index contributed by atoms with van der Waals surface area (Å²) >= 11 is 6.34. The quantitative estimate of drug-likeness (QED) is 0.268. The molecule has 0 saturated heterocycles. The number of amides is 2. The molecule has 41 heavy (non-hydrogen) atoms. The van der Waals surface area contributed by atoms with Gasteiger partial charge in [0.2, 0.25) is 5.91 Å². The van der Waals surface area contributed by atoms with Crippen molar-refractivity contribution < 1.29 is 35.9 Å². The number of nitrogens with zero attached hydrogens (tertiary/aromatic N) is 3. The van der Waals surface area contributed by atoms with Crippen molar-refractivity contribution in [3.63, 3.8) is 0 Å². The molecule has 1 heterocycles. The zero-order chi connectivity index (χ0) is 30.8. The number of carbonyl (C=O) groups is 2. The van der Waals surface area contributed by atoms with Crippen LogP contribution in [-0.4, -0.2) is 39.6 Å². The van der Waals surface area contributed by atoms with Crippen molar-refractivity contribution in [1.82, 2.24) is 14.7 Å². The van der Waals surface area contributed by atoms with Gasteiger partial charge in [-0.15, -0.1) is 0 Å². The van der Waals surface area contributed by atoms with Crippen LogP contribution in [0, 0.1) is 0 Å². The fourth-order valence-electron chi connectivity index (χ4n) is 3.86. The molecule has 0 aliphatic carbocycles. The van der Waals surface area contributed by atoms with Gasteiger partial charge in [-0.2, -0.15) is 31.4 Å². The Morgan fingerprint density at radius 3 is 2.05 bits per heavy atom. The first-order valence-electron chi connectivity index (χ1n) is 12.7. The highest BCUT2D eigenvalue weighted by molar-refractivity contribution is 6.32. The summed E-state index contributed by atoms with van der Waals surface area (Å²) in [7, 11) is 0. The minimum absolute atomic E-state index is 0.0530. The van der Waals surface area contributed by atoms with Crippen molar-refractivity contribution in [1.29, 1.82) is 0 Å². The molecule has 0 aliphatic rings. The number of anilines is 1. The monoisotopic (exact) mass is 602 g/mol. The number of carbonyl (C=O) groups excluding carboxylic acids is 2. The first kappa shape index (κ1) is 32.0. The number of halogens is 7. The second-order valence-corrected chi connectivity index (χ2v) is 10.9. The van der Waals surface area contributed by atoms with E-state index in [9.17, 15) is 35.9 Å². The molecule has 0 spiro atoms. The first-order chi connectivity index (χ1) is 18.9. The van der Waals surface area contributed by atoms with Crippen molar-refractivity contribution in [3.05, 3.63) is 75.9 Å². The summed E-state index contributed by atoms with van der Waals surface area (Å²) in [4.78, 5) is 27.3. The minimum atomic E-state index is -5.12. The van der Waals surface area contributed by atoms with E-state index in [1.807, 2.05) is 20.8 Å². The smallest absolute Gasteiger partial charge is 0.329 e. The van der Waals surface area contributed by atoms with E-state index in [-0.39, 0.29) is 18.4 Å². The van der Waals surface area contributed by atoms with Gasteiger partial charge in [-0.05, 0) is 36.8 Å². The standard InChI is InChI=1S/C28H29ClF6N4O2/c1-5-6-11-38(25(41)17-12-18(27(30,31)32)14-19(13-17)28(33,34)35)16-24(40)36-23-15-22(26(2,3)4)37-39(23)21-10-8-7-9-20(21)29/h7-10,12-15H,5-6,11,16H2,1-4H3,(H,36,40). The number of alkyl halides is 6. The molecule has 0 fully saturated rings. The third-order valence-electron chi connectivity index (χ3n) is 6.06. The molecule has 13 heteroatoms. The van der Waals surface area contributed by atoms with Gasteiger partial charge in [0.1, 0.15) is 12.4 Å². The highest BCUT2D eigenvalue weighted by Gasteiger charge is 2.38. The van der Waals surface area contributed by atoms with Gasteiger partial charge < -0.3 is 10.2 Å². The van der Waals surface area contributed by atoms with Gasteiger partial charge in [0.05, 0.1) is 27.5 Å². The van der Waals surface area contributed by atoms with Crippen LogP contribution >= 0.6 is 11.6 Å². The number of para-hydroxylation sites is 1.